The molecule has 134 valence electrons. The van der Waals surface area contributed by atoms with Crippen LogP contribution in [0.2, 0.25) is 0 Å². The number of nitrogens with two attached hydrogens (primary N) is 1. The Bertz CT molecular complexity index is 942. The molecule has 6 nitrogen and oxygen atoms in total. The smallest absolute Gasteiger partial charge is 0.202 e. The van der Waals surface area contributed by atoms with Gasteiger partial charge in [-0.2, -0.15) is 0 Å². The average Bonchev–Trinajstić information content (AvgIpc) is 3.37. The topological polar surface area (TPSA) is 72.3 Å². The Hall–Kier alpha value is -2.12. The summed E-state index contributed by atoms with van der Waals surface area (Å²) in [5.41, 5.74) is 8.99. The summed E-state index contributed by atoms with van der Waals surface area (Å²) in [5.74, 6) is 0.950. The van der Waals surface area contributed by atoms with Gasteiger partial charge in [0.25, 0.3) is 0 Å². The standard InChI is InChI=1S/C18H20N6S2/c19-18-22-16-4-3-15(13-5-7-23(10-13)8-6-20-12-25)21-17(16)24(18)11-14-2-1-9-26-14/h1-4,9,13H,5-8,10-11H2,(H2,19,22). The first kappa shape index (κ1) is 17.3. The minimum absolute atomic E-state index is 0.433. The van der Waals surface area contributed by atoms with E-state index in [1.807, 2.05) is 10.6 Å². The molecule has 4 rings (SSSR count). The number of likely N-dealkylation sites (tertiary alicyclic amines) is 1. The number of nitrogen functional groups attached to an aromatic ring is 1. The van der Waals surface area contributed by atoms with Crippen molar-refractivity contribution >= 4 is 45.8 Å². The molecule has 1 saturated heterocycles. The number of nitrogens with zero attached hydrogens (tertiary/aromatic N) is 5. The van der Waals surface area contributed by atoms with Crippen molar-refractivity contribution in [3.05, 3.63) is 40.2 Å². The van der Waals surface area contributed by atoms with E-state index in [0.717, 1.165) is 42.9 Å². The molecule has 1 unspecified atom stereocenters. The third-order valence-electron chi connectivity index (χ3n) is 4.82. The number of fused-ring (bicyclic) bond motifs is 1. The number of aliphatic imine (C=N–C) groups is 1. The fraction of sp³-hybridized carbons (Fsp3) is 0.389. The van der Waals surface area contributed by atoms with Crippen LogP contribution in [-0.4, -0.2) is 50.8 Å². The van der Waals surface area contributed by atoms with Crippen LogP contribution in [0.1, 0.15) is 22.9 Å². The zero-order valence-corrected chi connectivity index (χ0v) is 16.0. The number of isothiocyanates is 1. The molecule has 26 heavy (non-hydrogen) atoms. The summed E-state index contributed by atoms with van der Waals surface area (Å²) in [5, 5.41) is 4.50. The average molecular weight is 385 g/mol. The Morgan fingerprint density at radius 3 is 3.08 bits per heavy atom. The van der Waals surface area contributed by atoms with Crippen molar-refractivity contribution in [2.75, 3.05) is 31.9 Å². The molecule has 0 aromatic carbocycles. The first-order chi connectivity index (χ1) is 12.7. The number of hydrogen-bond acceptors (Lipinski definition) is 7. The van der Waals surface area contributed by atoms with E-state index >= 15 is 0 Å². The summed E-state index contributed by atoms with van der Waals surface area (Å²) in [6.45, 7) is 4.41. The van der Waals surface area contributed by atoms with Crippen molar-refractivity contribution in [1.29, 1.82) is 0 Å². The summed E-state index contributed by atoms with van der Waals surface area (Å²) >= 11 is 6.35. The minimum Gasteiger partial charge on any atom is -0.369 e. The largest absolute Gasteiger partial charge is 0.369 e. The second-order valence-electron chi connectivity index (χ2n) is 6.47. The summed E-state index contributed by atoms with van der Waals surface area (Å²) in [4.78, 5) is 17.1. The van der Waals surface area contributed by atoms with Gasteiger partial charge in [0.2, 0.25) is 5.95 Å². The maximum absolute atomic E-state index is 6.15. The van der Waals surface area contributed by atoms with Gasteiger partial charge in [0.05, 0.1) is 18.3 Å². The minimum atomic E-state index is 0.433. The van der Waals surface area contributed by atoms with Gasteiger partial charge in [-0.3, -0.25) is 4.57 Å². The van der Waals surface area contributed by atoms with Crippen molar-refractivity contribution in [3.8, 4) is 0 Å². The Morgan fingerprint density at radius 1 is 1.35 bits per heavy atom. The van der Waals surface area contributed by atoms with E-state index in [2.05, 4.69) is 55.8 Å². The van der Waals surface area contributed by atoms with Crippen molar-refractivity contribution in [1.82, 2.24) is 19.4 Å². The third kappa shape index (κ3) is 3.54. The highest BCUT2D eigenvalue weighted by atomic mass is 32.1. The molecule has 0 bridgehead atoms. The predicted molar refractivity (Wildman–Crippen MR) is 109 cm³/mol. The third-order valence-corrected chi connectivity index (χ3v) is 5.81. The van der Waals surface area contributed by atoms with Gasteiger partial charge in [-0.25, -0.2) is 15.0 Å². The van der Waals surface area contributed by atoms with Gasteiger partial charge in [0, 0.05) is 29.6 Å². The summed E-state index contributed by atoms with van der Waals surface area (Å²) in [6.07, 6.45) is 1.11. The van der Waals surface area contributed by atoms with Gasteiger partial charge in [-0.1, -0.05) is 6.07 Å². The lowest BCUT2D eigenvalue weighted by Gasteiger charge is -2.14. The molecule has 0 amide bonds. The zero-order valence-electron chi connectivity index (χ0n) is 14.3. The molecule has 0 saturated carbocycles. The van der Waals surface area contributed by atoms with E-state index in [9.17, 15) is 0 Å². The van der Waals surface area contributed by atoms with Crippen LogP contribution in [0.4, 0.5) is 5.95 Å². The fourth-order valence-electron chi connectivity index (χ4n) is 3.49. The van der Waals surface area contributed by atoms with Crippen LogP contribution in [0.15, 0.2) is 34.6 Å². The maximum Gasteiger partial charge on any atom is 0.202 e. The SMILES string of the molecule is Nc1nc2ccc(C3CCN(CCN=C=S)C3)nc2n1Cc1cccs1. The van der Waals surface area contributed by atoms with Crippen molar-refractivity contribution in [2.24, 2.45) is 4.99 Å². The second kappa shape index (κ2) is 7.63. The molecule has 4 heterocycles. The molecule has 3 aromatic rings. The van der Waals surface area contributed by atoms with Crippen LogP contribution >= 0.6 is 23.6 Å². The number of rotatable bonds is 6. The quantitative estimate of drug-likeness (QED) is 0.522. The lowest BCUT2D eigenvalue weighted by Crippen LogP contribution is -2.23. The normalized spacial score (nSPS) is 17.6. The molecular formula is C18H20N6S2. The van der Waals surface area contributed by atoms with Crippen LogP contribution in [-0.2, 0) is 6.54 Å². The molecular weight excluding hydrogens is 364 g/mol. The molecule has 8 heteroatoms. The summed E-state index contributed by atoms with van der Waals surface area (Å²) in [6, 6.07) is 8.29. The summed E-state index contributed by atoms with van der Waals surface area (Å²) in [7, 11) is 0. The van der Waals surface area contributed by atoms with Crippen molar-refractivity contribution in [2.45, 2.75) is 18.9 Å². The van der Waals surface area contributed by atoms with Crippen LogP contribution in [0.25, 0.3) is 11.2 Å². The number of anilines is 1. The highest BCUT2D eigenvalue weighted by molar-refractivity contribution is 7.78. The van der Waals surface area contributed by atoms with Gasteiger partial charge >= 0.3 is 0 Å². The molecule has 0 spiro atoms. The maximum atomic E-state index is 6.15. The number of imidazole rings is 1. The van der Waals surface area contributed by atoms with E-state index in [-0.39, 0.29) is 0 Å². The molecule has 3 aromatic heterocycles. The van der Waals surface area contributed by atoms with Gasteiger partial charge < -0.3 is 10.6 Å². The van der Waals surface area contributed by atoms with E-state index in [1.54, 1.807) is 11.3 Å². The molecule has 0 aliphatic carbocycles. The lowest BCUT2D eigenvalue weighted by atomic mass is 10.0. The number of aromatic nitrogens is 3. The predicted octanol–water partition coefficient (Wildman–Crippen LogP) is 3.02. The molecule has 2 N–H and O–H groups in total. The molecule has 1 aliphatic rings. The van der Waals surface area contributed by atoms with Crippen LogP contribution in [0.3, 0.4) is 0 Å². The van der Waals surface area contributed by atoms with Gasteiger partial charge in [-0.15, -0.1) is 11.3 Å². The van der Waals surface area contributed by atoms with Gasteiger partial charge in [0.15, 0.2) is 5.65 Å². The van der Waals surface area contributed by atoms with Crippen LogP contribution in [0.5, 0.6) is 0 Å². The Morgan fingerprint density at radius 2 is 2.27 bits per heavy atom. The first-order valence-electron chi connectivity index (χ1n) is 8.65. The Labute approximate surface area is 161 Å². The first-order valence-corrected chi connectivity index (χ1v) is 9.94. The highest BCUT2D eigenvalue weighted by Gasteiger charge is 2.25. The van der Waals surface area contributed by atoms with Crippen molar-refractivity contribution in [3.63, 3.8) is 0 Å². The molecule has 1 atom stereocenters. The molecule has 0 radical (unpaired) electrons. The number of thiophene rings is 1. The monoisotopic (exact) mass is 384 g/mol. The number of hydrogen-bond donors (Lipinski definition) is 1. The van der Waals surface area contributed by atoms with E-state index < -0.39 is 0 Å². The lowest BCUT2D eigenvalue weighted by molar-refractivity contribution is 0.344. The second-order valence-corrected chi connectivity index (χ2v) is 7.69. The van der Waals surface area contributed by atoms with E-state index in [1.165, 1.54) is 4.88 Å². The Kier molecular flexibility index (Phi) is 5.08. The number of thiocarbonyl (C=S) groups is 1. The van der Waals surface area contributed by atoms with Gasteiger partial charge in [0.1, 0.15) is 5.52 Å². The highest BCUT2D eigenvalue weighted by Crippen LogP contribution is 2.28. The van der Waals surface area contributed by atoms with E-state index in [0.29, 0.717) is 25.0 Å². The summed E-state index contributed by atoms with van der Waals surface area (Å²) < 4.78 is 2.01. The zero-order chi connectivity index (χ0) is 17.9. The van der Waals surface area contributed by atoms with Crippen molar-refractivity contribution < 1.29 is 0 Å². The van der Waals surface area contributed by atoms with Crippen LogP contribution in [0, 0.1) is 0 Å². The fourth-order valence-corrected chi connectivity index (χ4v) is 4.27. The van der Waals surface area contributed by atoms with Crippen LogP contribution < -0.4 is 5.73 Å². The Balaban J connectivity index is 1.56. The van der Waals surface area contributed by atoms with Gasteiger partial charge in [-0.05, 0) is 48.8 Å². The molecule has 1 fully saturated rings. The molecule has 1 aliphatic heterocycles. The van der Waals surface area contributed by atoms with E-state index in [4.69, 9.17) is 10.7 Å². The number of pyridine rings is 1.